The number of aliphatic imine (C=N–C) groups is 1. The molecule has 1 atom stereocenters. The minimum Gasteiger partial charge on any atom is -0.333 e. The molecule has 0 fully saturated rings. The van der Waals surface area contributed by atoms with Gasteiger partial charge >= 0.3 is 0 Å². The fourth-order valence-electron chi connectivity index (χ4n) is 1.69. The summed E-state index contributed by atoms with van der Waals surface area (Å²) in [6.45, 7) is 5.17. The van der Waals surface area contributed by atoms with Crippen molar-refractivity contribution in [2.75, 3.05) is 11.9 Å². The van der Waals surface area contributed by atoms with Gasteiger partial charge in [-0.3, -0.25) is 9.98 Å². The highest BCUT2D eigenvalue weighted by Crippen LogP contribution is 2.26. The van der Waals surface area contributed by atoms with Gasteiger partial charge in [0.25, 0.3) is 0 Å². The number of amidine groups is 1. The van der Waals surface area contributed by atoms with Crippen LogP contribution in [-0.4, -0.2) is 21.9 Å². The third kappa shape index (κ3) is 2.76. The highest BCUT2D eigenvalue weighted by molar-refractivity contribution is 8.15. The van der Waals surface area contributed by atoms with Crippen LogP contribution in [0.4, 0.5) is 5.69 Å². The molecular formula is C12H17N3S. The Morgan fingerprint density at radius 2 is 2.44 bits per heavy atom. The quantitative estimate of drug-likeness (QED) is 0.875. The number of nitrogens with zero attached hydrogens (tertiary/aromatic N) is 2. The molecule has 0 aliphatic carbocycles. The Balaban J connectivity index is 1.95. The third-order valence-corrected chi connectivity index (χ3v) is 3.75. The van der Waals surface area contributed by atoms with Crippen molar-refractivity contribution in [2.24, 2.45) is 4.99 Å². The third-order valence-electron chi connectivity index (χ3n) is 2.58. The van der Waals surface area contributed by atoms with E-state index in [0.29, 0.717) is 5.25 Å². The average molecular weight is 235 g/mol. The fourth-order valence-corrected chi connectivity index (χ4v) is 2.83. The van der Waals surface area contributed by atoms with Gasteiger partial charge in [-0.15, -0.1) is 0 Å². The zero-order valence-corrected chi connectivity index (χ0v) is 10.5. The summed E-state index contributed by atoms with van der Waals surface area (Å²) in [6.07, 6.45) is 4.28. The predicted molar refractivity (Wildman–Crippen MR) is 71.2 cm³/mol. The average Bonchev–Trinajstić information content (AvgIpc) is 2.70. The molecule has 86 valence electrons. The maximum atomic E-state index is 4.51. The van der Waals surface area contributed by atoms with Crippen LogP contribution < -0.4 is 5.32 Å². The maximum absolute atomic E-state index is 4.51. The van der Waals surface area contributed by atoms with Gasteiger partial charge in [-0.1, -0.05) is 25.1 Å². The number of hydrogen-bond donors (Lipinski definition) is 1. The van der Waals surface area contributed by atoms with Crippen LogP contribution in [-0.2, 0) is 0 Å². The number of pyridine rings is 1. The summed E-state index contributed by atoms with van der Waals surface area (Å²) in [7, 11) is 0. The SMILES string of the molecule is CCCC1CN=C(Nc2cccnc2C)S1. The van der Waals surface area contributed by atoms with Crippen molar-refractivity contribution >= 4 is 22.6 Å². The molecule has 1 aromatic rings. The van der Waals surface area contributed by atoms with E-state index in [1.54, 1.807) is 0 Å². The predicted octanol–water partition coefficient (Wildman–Crippen LogP) is 3.07. The molecule has 1 aliphatic heterocycles. The van der Waals surface area contributed by atoms with Crippen molar-refractivity contribution in [1.82, 2.24) is 4.98 Å². The van der Waals surface area contributed by atoms with Crippen LogP contribution in [0.25, 0.3) is 0 Å². The zero-order chi connectivity index (χ0) is 11.4. The van der Waals surface area contributed by atoms with Crippen LogP contribution in [0.3, 0.4) is 0 Å². The second kappa shape index (κ2) is 5.34. The van der Waals surface area contributed by atoms with Crippen molar-refractivity contribution in [3.05, 3.63) is 24.0 Å². The summed E-state index contributed by atoms with van der Waals surface area (Å²) in [5.41, 5.74) is 2.08. The van der Waals surface area contributed by atoms with Gasteiger partial charge in [-0.25, -0.2) is 0 Å². The topological polar surface area (TPSA) is 37.3 Å². The molecule has 1 unspecified atom stereocenters. The number of thioether (sulfide) groups is 1. The van der Waals surface area contributed by atoms with E-state index in [2.05, 4.69) is 22.2 Å². The standard InChI is InChI=1S/C12H17N3S/c1-3-5-10-8-14-12(16-10)15-11-6-4-7-13-9(11)2/h4,6-7,10H,3,5,8H2,1-2H3,(H,14,15). The first-order valence-corrected chi connectivity index (χ1v) is 6.57. The van der Waals surface area contributed by atoms with Crippen LogP contribution in [0, 0.1) is 6.92 Å². The van der Waals surface area contributed by atoms with Crippen LogP contribution in [0.15, 0.2) is 23.3 Å². The van der Waals surface area contributed by atoms with E-state index >= 15 is 0 Å². The van der Waals surface area contributed by atoms with Gasteiger partial charge in [0, 0.05) is 11.4 Å². The largest absolute Gasteiger partial charge is 0.333 e. The highest BCUT2D eigenvalue weighted by Gasteiger charge is 2.18. The van der Waals surface area contributed by atoms with Crippen molar-refractivity contribution in [2.45, 2.75) is 31.9 Å². The molecule has 1 aliphatic rings. The molecule has 0 saturated heterocycles. The first-order valence-electron chi connectivity index (χ1n) is 5.69. The van der Waals surface area contributed by atoms with E-state index < -0.39 is 0 Å². The van der Waals surface area contributed by atoms with Gasteiger partial charge < -0.3 is 5.32 Å². The Labute approximate surface area is 101 Å². The lowest BCUT2D eigenvalue weighted by Gasteiger charge is -2.09. The van der Waals surface area contributed by atoms with Crippen molar-refractivity contribution in [1.29, 1.82) is 0 Å². The van der Waals surface area contributed by atoms with Gasteiger partial charge in [0.1, 0.15) is 0 Å². The second-order valence-electron chi connectivity index (χ2n) is 3.94. The minimum atomic E-state index is 0.657. The molecule has 3 nitrogen and oxygen atoms in total. The molecule has 2 rings (SSSR count). The van der Waals surface area contributed by atoms with Crippen molar-refractivity contribution < 1.29 is 0 Å². The Hall–Kier alpha value is -1.03. The van der Waals surface area contributed by atoms with Crippen LogP contribution in [0.2, 0.25) is 0 Å². The maximum Gasteiger partial charge on any atom is 0.161 e. The fraction of sp³-hybridized carbons (Fsp3) is 0.500. The van der Waals surface area contributed by atoms with Gasteiger partial charge in [0.05, 0.1) is 17.9 Å². The highest BCUT2D eigenvalue weighted by atomic mass is 32.2. The summed E-state index contributed by atoms with van der Waals surface area (Å²) in [6, 6.07) is 3.98. The summed E-state index contributed by atoms with van der Waals surface area (Å²) >= 11 is 1.85. The Kier molecular flexibility index (Phi) is 3.83. The van der Waals surface area contributed by atoms with E-state index in [4.69, 9.17) is 0 Å². The van der Waals surface area contributed by atoms with Crippen molar-refractivity contribution in [3.8, 4) is 0 Å². The molecular weight excluding hydrogens is 218 g/mol. The molecule has 16 heavy (non-hydrogen) atoms. The second-order valence-corrected chi connectivity index (χ2v) is 5.22. The summed E-state index contributed by atoms with van der Waals surface area (Å²) in [4.78, 5) is 8.76. The lowest BCUT2D eigenvalue weighted by atomic mass is 10.2. The summed E-state index contributed by atoms with van der Waals surface area (Å²) < 4.78 is 0. The lowest BCUT2D eigenvalue weighted by Crippen LogP contribution is -2.08. The van der Waals surface area contributed by atoms with E-state index in [1.165, 1.54) is 12.8 Å². The van der Waals surface area contributed by atoms with Gasteiger partial charge in [-0.05, 0) is 25.5 Å². The number of rotatable bonds is 3. The summed E-state index contributed by atoms with van der Waals surface area (Å²) in [5.74, 6) is 0. The van der Waals surface area contributed by atoms with Gasteiger partial charge in [-0.2, -0.15) is 0 Å². The molecule has 0 spiro atoms. The van der Waals surface area contributed by atoms with E-state index in [1.807, 2.05) is 37.0 Å². The number of anilines is 1. The monoisotopic (exact) mass is 235 g/mol. The molecule has 0 bridgehead atoms. The molecule has 4 heteroatoms. The van der Waals surface area contributed by atoms with E-state index in [-0.39, 0.29) is 0 Å². The van der Waals surface area contributed by atoms with Crippen LogP contribution in [0.5, 0.6) is 0 Å². The van der Waals surface area contributed by atoms with Gasteiger partial charge in [0.2, 0.25) is 0 Å². The lowest BCUT2D eigenvalue weighted by molar-refractivity contribution is 0.754. The van der Waals surface area contributed by atoms with Crippen LogP contribution >= 0.6 is 11.8 Å². The normalized spacial score (nSPS) is 19.6. The number of nitrogens with one attached hydrogen (secondary N) is 1. The molecule has 0 radical (unpaired) electrons. The molecule has 2 heterocycles. The number of aryl methyl sites for hydroxylation is 1. The Bertz CT molecular complexity index is 390. The van der Waals surface area contributed by atoms with E-state index in [0.717, 1.165) is 23.1 Å². The molecule has 0 amide bonds. The van der Waals surface area contributed by atoms with Crippen LogP contribution in [0.1, 0.15) is 25.5 Å². The number of aromatic nitrogens is 1. The molecule has 1 N–H and O–H groups in total. The first-order chi connectivity index (χ1) is 7.79. The van der Waals surface area contributed by atoms with Crippen molar-refractivity contribution in [3.63, 3.8) is 0 Å². The smallest absolute Gasteiger partial charge is 0.161 e. The summed E-state index contributed by atoms with van der Waals surface area (Å²) in [5, 5.41) is 5.04. The molecule has 0 aromatic carbocycles. The minimum absolute atomic E-state index is 0.657. The first kappa shape index (κ1) is 11.5. The Morgan fingerprint density at radius 1 is 1.56 bits per heavy atom. The zero-order valence-electron chi connectivity index (χ0n) is 9.73. The number of hydrogen-bond acceptors (Lipinski definition) is 4. The van der Waals surface area contributed by atoms with E-state index in [9.17, 15) is 0 Å². The Morgan fingerprint density at radius 3 is 3.19 bits per heavy atom. The van der Waals surface area contributed by atoms with Gasteiger partial charge in [0.15, 0.2) is 5.17 Å². The molecule has 0 saturated carbocycles. The molecule has 1 aromatic heterocycles.